The number of nitrogens with one attached hydrogen (secondary N) is 3. The lowest BCUT2D eigenvalue weighted by molar-refractivity contribution is -0.137. The van der Waals surface area contributed by atoms with E-state index in [1.807, 2.05) is 0 Å². The highest BCUT2D eigenvalue weighted by Gasteiger charge is 2.33. The highest BCUT2D eigenvalue weighted by atomic mass is 32.2. The highest BCUT2D eigenvalue weighted by molar-refractivity contribution is 7.76. The Labute approximate surface area is 192 Å². The van der Waals surface area contributed by atoms with Crippen LogP contribution in [0.1, 0.15) is 62.0 Å². The van der Waals surface area contributed by atoms with Gasteiger partial charge >= 0.3 is 6.18 Å². The summed E-state index contributed by atoms with van der Waals surface area (Å²) in [5, 5.41) is 25.0. The molecular weight excluding hydrogens is 459 g/mol. The molecule has 2 heterocycles. The summed E-state index contributed by atoms with van der Waals surface area (Å²) >= 11 is -2.36. The van der Waals surface area contributed by atoms with Gasteiger partial charge in [0.05, 0.1) is 5.56 Å². The van der Waals surface area contributed by atoms with Crippen molar-refractivity contribution in [2.75, 3.05) is 13.1 Å². The zero-order valence-electron chi connectivity index (χ0n) is 18.1. The fourth-order valence-corrected chi connectivity index (χ4v) is 4.65. The third-order valence-corrected chi connectivity index (χ3v) is 6.18. The van der Waals surface area contributed by atoms with Crippen molar-refractivity contribution in [1.29, 1.82) is 0 Å². The van der Waals surface area contributed by atoms with Crippen LogP contribution in [0.25, 0.3) is 11.4 Å². The summed E-state index contributed by atoms with van der Waals surface area (Å²) < 4.78 is 57.2. The molecule has 1 saturated heterocycles. The van der Waals surface area contributed by atoms with Crippen LogP contribution in [0, 0.1) is 0 Å². The van der Waals surface area contributed by atoms with E-state index in [-0.39, 0.29) is 11.7 Å². The summed E-state index contributed by atoms with van der Waals surface area (Å²) in [7, 11) is 0. The maximum atomic E-state index is 13.2. The quantitative estimate of drug-likeness (QED) is 0.484. The first-order chi connectivity index (χ1) is 15.7. The van der Waals surface area contributed by atoms with Gasteiger partial charge in [0.2, 0.25) is 5.82 Å². The molecule has 1 aromatic carbocycles. The molecule has 2 aromatic rings. The van der Waals surface area contributed by atoms with Crippen molar-refractivity contribution < 1.29 is 21.9 Å². The van der Waals surface area contributed by atoms with Gasteiger partial charge in [-0.3, -0.25) is 9.35 Å². The first-order valence-corrected chi connectivity index (χ1v) is 12.1. The number of aromatic nitrogens is 4. The van der Waals surface area contributed by atoms with Crippen molar-refractivity contribution in [2.45, 2.75) is 69.1 Å². The molecule has 2 fully saturated rings. The Morgan fingerprint density at radius 2 is 1.79 bits per heavy atom. The van der Waals surface area contributed by atoms with Crippen LogP contribution in [0.4, 0.5) is 13.2 Å². The summed E-state index contributed by atoms with van der Waals surface area (Å²) in [4.78, 5) is 0. The summed E-state index contributed by atoms with van der Waals surface area (Å²) in [5.74, 6) is 0.428. The van der Waals surface area contributed by atoms with Crippen LogP contribution in [-0.4, -0.2) is 54.6 Å². The molecule has 1 aromatic heterocycles. The molecule has 5 N–H and O–H groups in total. The van der Waals surface area contributed by atoms with Gasteiger partial charge in [0.15, 0.2) is 0 Å². The molecule has 9 nitrogen and oxygen atoms in total. The van der Waals surface area contributed by atoms with E-state index < -0.39 is 23.0 Å². The van der Waals surface area contributed by atoms with Gasteiger partial charge < -0.3 is 15.2 Å². The SMILES string of the molecule is FC(F)(F)c1ccc(C2CCC(NC3CCCNCC3)CC2)c(-c2nn[nH]n2)c1.NS(=O)[O-]. The molecule has 2 aliphatic rings. The van der Waals surface area contributed by atoms with E-state index in [0.717, 1.165) is 56.8 Å². The Morgan fingerprint density at radius 1 is 1.09 bits per heavy atom. The van der Waals surface area contributed by atoms with E-state index in [0.29, 0.717) is 17.6 Å². The van der Waals surface area contributed by atoms with Gasteiger partial charge in [0.25, 0.3) is 0 Å². The van der Waals surface area contributed by atoms with Gasteiger partial charge in [0.1, 0.15) is 0 Å². The Morgan fingerprint density at radius 3 is 2.42 bits per heavy atom. The summed E-state index contributed by atoms with van der Waals surface area (Å²) in [6, 6.07) is 4.97. The van der Waals surface area contributed by atoms with Crippen molar-refractivity contribution in [1.82, 2.24) is 31.3 Å². The number of halogens is 3. The second-order valence-electron chi connectivity index (χ2n) is 8.39. The van der Waals surface area contributed by atoms with E-state index in [1.54, 1.807) is 6.07 Å². The second-order valence-corrected chi connectivity index (χ2v) is 8.91. The zero-order valence-corrected chi connectivity index (χ0v) is 18.9. The Kier molecular flexibility index (Phi) is 9.32. The lowest BCUT2D eigenvalue weighted by Crippen LogP contribution is -2.40. The standard InChI is InChI=1S/C20H27F3N6.H3NO2S/c21-20(22,23)14-5-8-17(18(12-14)19-26-28-29-27-19)13-3-6-16(7-4-13)25-15-2-1-10-24-11-9-15;1-4(2)3/h5,8,12-13,15-16,24-25H,1-4,6-7,9-11H2,(H,26,27,28,29);1H2,(H,2,3)/p-1. The Balaban J connectivity index is 0.000000709. The topological polar surface area (TPSA) is 145 Å². The smallest absolute Gasteiger partial charge is 0.416 e. The van der Waals surface area contributed by atoms with Gasteiger partial charge in [-0.05, 0) is 86.9 Å². The number of alkyl halides is 3. The molecule has 4 rings (SSSR count). The fourth-order valence-electron chi connectivity index (χ4n) is 4.65. The van der Waals surface area contributed by atoms with E-state index in [4.69, 9.17) is 8.76 Å². The molecule has 184 valence electrons. The van der Waals surface area contributed by atoms with Crippen LogP contribution in [-0.2, 0) is 17.4 Å². The summed E-state index contributed by atoms with van der Waals surface area (Å²) in [5.41, 5.74) is 0.634. The maximum Gasteiger partial charge on any atom is 0.416 e. The van der Waals surface area contributed by atoms with Crippen LogP contribution in [0.5, 0.6) is 0 Å². The molecule has 2 unspecified atom stereocenters. The third kappa shape index (κ3) is 7.81. The van der Waals surface area contributed by atoms with Crippen LogP contribution in [0.15, 0.2) is 18.2 Å². The molecule has 33 heavy (non-hydrogen) atoms. The number of nitrogens with two attached hydrogens (primary N) is 1. The molecule has 1 saturated carbocycles. The van der Waals surface area contributed by atoms with E-state index >= 15 is 0 Å². The Hall–Kier alpha value is -1.93. The average Bonchev–Trinajstić information content (AvgIpc) is 3.18. The number of rotatable bonds is 4. The fraction of sp³-hybridized carbons (Fsp3) is 0.650. The first kappa shape index (κ1) is 25.7. The minimum absolute atomic E-state index is 0.208. The summed E-state index contributed by atoms with van der Waals surface area (Å²) in [6.07, 6.45) is 3.10. The third-order valence-electron chi connectivity index (χ3n) is 6.18. The predicted octanol–water partition coefficient (Wildman–Crippen LogP) is 2.38. The Bertz CT molecular complexity index is 878. The monoisotopic (exact) mass is 488 g/mol. The normalized spacial score (nSPS) is 24.9. The molecular formula is C20H29F3N7O2S-. The molecule has 1 aliphatic carbocycles. The molecule has 13 heteroatoms. The highest BCUT2D eigenvalue weighted by Crippen LogP contribution is 2.40. The molecule has 0 amide bonds. The van der Waals surface area contributed by atoms with Gasteiger partial charge in [-0.15, -0.1) is 10.2 Å². The van der Waals surface area contributed by atoms with E-state index in [2.05, 4.69) is 36.4 Å². The minimum atomic E-state index is -4.40. The number of H-pyrrole nitrogens is 1. The van der Waals surface area contributed by atoms with Crippen molar-refractivity contribution in [2.24, 2.45) is 5.14 Å². The van der Waals surface area contributed by atoms with E-state index in [9.17, 15) is 13.2 Å². The van der Waals surface area contributed by atoms with Crippen molar-refractivity contribution in [3.8, 4) is 11.4 Å². The van der Waals surface area contributed by atoms with Gasteiger partial charge in [-0.2, -0.15) is 18.4 Å². The average molecular weight is 489 g/mol. The van der Waals surface area contributed by atoms with Gasteiger partial charge in [0, 0.05) is 28.9 Å². The lowest BCUT2D eigenvalue weighted by Gasteiger charge is -2.33. The maximum absolute atomic E-state index is 13.2. The summed E-state index contributed by atoms with van der Waals surface area (Å²) in [6.45, 7) is 2.16. The first-order valence-electron chi connectivity index (χ1n) is 11.0. The van der Waals surface area contributed by atoms with Crippen molar-refractivity contribution in [3.63, 3.8) is 0 Å². The number of benzene rings is 1. The molecule has 0 bridgehead atoms. The molecule has 2 atom stereocenters. The predicted molar refractivity (Wildman–Crippen MR) is 116 cm³/mol. The minimum Gasteiger partial charge on any atom is -0.760 e. The number of aromatic amines is 1. The molecule has 1 aliphatic heterocycles. The molecule has 0 radical (unpaired) electrons. The van der Waals surface area contributed by atoms with Crippen LogP contribution < -0.4 is 15.8 Å². The van der Waals surface area contributed by atoms with Crippen LogP contribution in [0.2, 0.25) is 0 Å². The number of nitrogens with zero attached hydrogens (tertiary/aromatic N) is 3. The van der Waals surface area contributed by atoms with Gasteiger partial charge in [-0.25, -0.2) is 0 Å². The van der Waals surface area contributed by atoms with E-state index in [1.165, 1.54) is 18.9 Å². The zero-order chi connectivity index (χ0) is 23.8. The van der Waals surface area contributed by atoms with Crippen LogP contribution in [0.3, 0.4) is 0 Å². The molecule has 0 spiro atoms. The van der Waals surface area contributed by atoms with Gasteiger partial charge in [-0.1, -0.05) is 6.07 Å². The second kappa shape index (κ2) is 12.0. The lowest BCUT2D eigenvalue weighted by atomic mass is 9.79. The number of hydrogen-bond donors (Lipinski definition) is 4. The van der Waals surface area contributed by atoms with Crippen molar-refractivity contribution in [3.05, 3.63) is 29.3 Å². The number of tetrazole rings is 1. The van der Waals surface area contributed by atoms with Crippen LogP contribution >= 0.6 is 0 Å². The van der Waals surface area contributed by atoms with Crippen molar-refractivity contribution >= 4 is 11.3 Å². The largest absolute Gasteiger partial charge is 0.760 e. The number of hydrogen-bond acceptors (Lipinski definition) is 7.